The summed E-state index contributed by atoms with van der Waals surface area (Å²) in [5.74, 6) is 2.44. The van der Waals surface area contributed by atoms with Crippen LogP contribution in [0.2, 0.25) is 10.0 Å². The van der Waals surface area contributed by atoms with E-state index in [-0.39, 0.29) is 24.7 Å². The number of halogens is 2. The number of aliphatic imine (C=N–C) groups is 2. The molecule has 2 aromatic carbocycles. The normalized spacial score (nSPS) is 14.8. The molecule has 23 heteroatoms. The van der Waals surface area contributed by atoms with Crippen LogP contribution in [0.3, 0.4) is 0 Å². The number of fused-ring (bicyclic) bond motifs is 6. The van der Waals surface area contributed by atoms with Crippen LogP contribution < -0.4 is 16.0 Å². The molecule has 0 radical (unpaired) electrons. The Kier molecular flexibility index (Phi) is 21.4. The second-order valence-electron chi connectivity index (χ2n) is 18.3. The van der Waals surface area contributed by atoms with Crippen molar-refractivity contribution in [1.82, 2.24) is 45.5 Å². The van der Waals surface area contributed by atoms with Crippen molar-refractivity contribution < 1.29 is 38.0 Å². The molecule has 3 N–H and O–H groups in total. The smallest absolute Gasteiger partial charge is 0.222 e. The molecule has 77 heavy (non-hydrogen) atoms. The first-order valence-corrected chi connectivity index (χ1v) is 28.2. The summed E-state index contributed by atoms with van der Waals surface area (Å²) in [7, 11) is 0. The molecule has 2 aliphatic heterocycles. The van der Waals surface area contributed by atoms with E-state index in [1.54, 1.807) is 22.7 Å². The zero-order chi connectivity index (χ0) is 54.3. The Bertz CT molecular complexity index is 2790. The zero-order valence-corrected chi connectivity index (χ0v) is 47.6. The Labute approximate surface area is 467 Å². The molecule has 19 nitrogen and oxygen atoms in total. The first-order chi connectivity index (χ1) is 37.4. The predicted octanol–water partition coefficient (Wildman–Crippen LogP) is 7.31. The molecule has 6 heterocycles. The van der Waals surface area contributed by atoms with Crippen LogP contribution in [0.1, 0.15) is 91.4 Å². The number of rotatable bonds is 30. The molecule has 2 atom stereocenters. The fourth-order valence-corrected chi connectivity index (χ4v) is 11.5. The maximum absolute atomic E-state index is 13.2. The van der Waals surface area contributed by atoms with Gasteiger partial charge in [-0.3, -0.25) is 28.7 Å². The van der Waals surface area contributed by atoms with E-state index in [1.165, 1.54) is 9.75 Å². The number of benzene rings is 2. The van der Waals surface area contributed by atoms with Gasteiger partial charge < -0.3 is 44.4 Å². The lowest BCUT2D eigenvalue weighted by Gasteiger charge is -2.13. The maximum atomic E-state index is 13.2. The third kappa shape index (κ3) is 15.1. The Morgan fingerprint density at radius 2 is 0.831 bits per heavy atom. The highest BCUT2D eigenvalue weighted by molar-refractivity contribution is 7.15. The second kappa shape index (κ2) is 28.5. The minimum atomic E-state index is -0.541. The summed E-state index contributed by atoms with van der Waals surface area (Å²) in [6, 6.07) is 14.2. The van der Waals surface area contributed by atoms with Crippen molar-refractivity contribution in [3.05, 3.63) is 125 Å². The minimum absolute atomic E-state index is 0.106. The van der Waals surface area contributed by atoms with Gasteiger partial charge in [0.15, 0.2) is 11.6 Å². The van der Waals surface area contributed by atoms with E-state index < -0.39 is 12.1 Å². The number of ether oxygens (including phenoxy) is 6. The molecular formula is C54H67Cl2N11O8S2. The average Bonchev–Trinajstić information content (AvgIpc) is 4.11. The fraction of sp³-hybridized carbons (Fsp3) is 0.481. The quantitative estimate of drug-likeness (QED) is 0.0378. The molecular weight excluding hydrogens is 1070 g/mol. The first-order valence-electron chi connectivity index (χ1n) is 25.8. The van der Waals surface area contributed by atoms with Crippen molar-refractivity contribution in [3.63, 3.8) is 0 Å². The number of carbonyl (C=O) groups excluding carboxylic acids is 2. The molecule has 0 fully saturated rings. The third-order valence-corrected chi connectivity index (χ3v) is 15.8. The number of nitrogens with zero attached hydrogens (tertiary/aromatic N) is 8. The van der Waals surface area contributed by atoms with E-state index in [2.05, 4.69) is 64.0 Å². The van der Waals surface area contributed by atoms with Gasteiger partial charge in [-0.15, -0.1) is 43.1 Å². The van der Waals surface area contributed by atoms with Crippen molar-refractivity contribution in [1.29, 1.82) is 0 Å². The summed E-state index contributed by atoms with van der Waals surface area (Å²) in [5.41, 5.74) is 7.77. The summed E-state index contributed by atoms with van der Waals surface area (Å²) in [5, 5.41) is 30.2. The van der Waals surface area contributed by atoms with Crippen molar-refractivity contribution in [2.75, 3.05) is 105 Å². The van der Waals surface area contributed by atoms with Crippen molar-refractivity contribution in [2.45, 2.75) is 66.5 Å². The molecule has 2 amide bonds. The molecule has 0 unspecified atom stereocenters. The SMILES string of the molecule is Cc1sc2c(c1C)C(c1ccc(Cl)cc1)=N[C@@H](CC(=O)NCCOCCOCCOCCNCCOCCOCCOCCNC(=O)C[C@@H]1N=C(c3ccc(Cl)cc3)c3c(sc(C)c3C)-n3c(C)nnc31)c1nnc(C)n1-2. The van der Waals surface area contributed by atoms with Gasteiger partial charge >= 0.3 is 0 Å². The Balaban J connectivity index is 0.601. The number of hydrogen-bond donors (Lipinski definition) is 3. The molecule has 0 spiro atoms. The Morgan fingerprint density at radius 3 is 1.19 bits per heavy atom. The number of amides is 2. The van der Waals surface area contributed by atoms with Crippen LogP contribution in [-0.2, 0) is 38.0 Å². The molecule has 412 valence electrons. The van der Waals surface area contributed by atoms with Gasteiger partial charge in [0.05, 0.1) is 104 Å². The number of nitrogens with one attached hydrogen (secondary N) is 3. The molecule has 4 aromatic heterocycles. The van der Waals surface area contributed by atoms with Crippen LogP contribution in [0.15, 0.2) is 58.5 Å². The predicted molar refractivity (Wildman–Crippen MR) is 300 cm³/mol. The van der Waals surface area contributed by atoms with Gasteiger partial charge in [0.25, 0.3) is 0 Å². The average molecular weight is 1130 g/mol. The summed E-state index contributed by atoms with van der Waals surface area (Å²) < 4.78 is 38.0. The van der Waals surface area contributed by atoms with E-state index in [9.17, 15) is 9.59 Å². The van der Waals surface area contributed by atoms with Gasteiger partial charge in [0, 0.05) is 68.2 Å². The molecule has 0 bridgehead atoms. The van der Waals surface area contributed by atoms with Crippen molar-refractivity contribution >= 4 is 69.1 Å². The van der Waals surface area contributed by atoms with E-state index in [0.717, 1.165) is 66.5 Å². The van der Waals surface area contributed by atoms with E-state index in [4.69, 9.17) is 61.6 Å². The third-order valence-electron chi connectivity index (χ3n) is 12.9. The topological polar surface area (TPSA) is 212 Å². The van der Waals surface area contributed by atoms with Gasteiger partial charge in [0.1, 0.15) is 33.7 Å². The zero-order valence-electron chi connectivity index (χ0n) is 44.4. The van der Waals surface area contributed by atoms with E-state index in [0.29, 0.717) is 127 Å². The molecule has 0 saturated carbocycles. The van der Waals surface area contributed by atoms with Gasteiger partial charge in [-0.05, 0) is 76.9 Å². The monoisotopic (exact) mass is 1130 g/mol. The van der Waals surface area contributed by atoms with Crippen LogP contribution in [0.25, 0.3) is 10.0 Å². The standard InChI is InChI=1S/C54H67Cl2N11O8S2/c1-33-35(3)76-53-47(33)49(39-7-11-41(55)12-8-39)60-43(51-64-62-37(5)66(51)53)31-45(68)58-17-21-72-25-29-74-27-23-70-19-15-57-16-20-71-24-28-75-30-26-73-22-18-59-46(69)32-44-52-65-63-38(6)67(52)54-48(34(2)36(4)77-54)50(61-44)40-9-13-42(56)14-10-40/h7-14,43-44,57H,15-32H2,1-6H3,(H,58,68)(H,59,69)/t43-,44-/m0/s1. The summed E-state index contributed by atoms with van der Waals surface area (Å²) in [6.45, 7) is 19.6. The van der Waals surface area contributed by atoms with Gasteiger partial charge in [-0.1, -0.05) is 47.5 Å². The number of aromatic nitrogens is 6. The van der Waals surface area contributed by atoms with E-state index >= 15 is 0 Å². The lowest BCUT2D eigenvalue weighted by atomic mass is 9.99. The molecule has 0 aliphatic carbocycles. The summed E-state index contributed by atoms with van der Waals surface area (Å²) in [4.78, 5) is 39.1. The first kappa shape index (κ1) is 57.9. The van der Waals surface area contributed by atoms with Crippen LogP contribution in [0, 0.1) is 41.5 Å². The largest absolute Gasteiger partial charge is 0.378 e. The van der Waals surface area contributed by atoms with Crippen LogP contribution in [0.4, 0.5) is 0 Å². The Hall–Kier alpha value is -5.30. The van der Waals surface area contributed by atoms with Crippen LogP contribution in [0.5, 0.6) is 0 Å². The van der Waals surface area contributed by atoms with Gasteiger partial charge in [-0.25, -0.2) is 0 Å². The second-order valence-corrected chi connectivity index (χ2v) is 21.6. The number of thiophene rings is 2. The molecule has 6 aromatic rings. The minimum Gasteiger partial charge on any atom is -0.378 e. The Morgan fingerprint density at radius 1 is 0.494 bits per heavy atom. The number of hydrogen-bond acceptors (Lipinski definition) is 17. The van der Waals surface area contributed by atoms with Crippen LogP contribution in [-0.4, -0.2) is 158 Å². The number of carbonyl (C=O) groups is 2. The molecule has 0 saturated heterocycles. The van der Waals surface area contributed by atoms with Gasteiger partial charge in [-0.2, -0.15) is 0 Å². The highest BCUT2D eigenvalue weighted by atomic mass is 35.5. The maximum Gasteiger partial charge on any atom is 0.222 e. The highest BCUT2D eigenvalue weighted by Gasteiger charge is 2.34. The lowest BCUT2D eigenvalue weighted by Crippen LogP contribution is -2.29. The molecule has 2 aliphatic rings. The summed E-state index contributed by atoms with van der Waals surface area (Å²) in [6.07, 6.45) is 0.212. The van der Waals surface area contributed by atoms with Crippen LogP contribution >= 0.6 is 45.9 Å². The summed E-state index contributed by atoms with van der Waals surface area (Å²) >= 11 is 15.8. The van der Waals surface area contributed by atoms with Crippen molar-refractivity contribution in [3.8, 4) is 10.0 Å². The number of aryl methyl sites for hydroxylation is 4. The van der Waals surface area contributed by atoms with Crippen molar-refractivity contribution in [2.24, 2.45) is 9.98 Å². The lowest BCUT2D eigenvalue weighted by molar-refractivity contribution is -0.122. The fourth-order valence-electron chi connectivity index (χ4n) is 8.78. The molecule has 8 rings (SSSR count). The van der Waals surface area contributed by atoms with Gasteiger partial charge in [0.2, 0.25) is 11.8 Å². The highest BCUT2D eigenvalue weighted by Crippen LogP contribution is 2.41. The van der Waals surface area contributed by atoms with E-state index in [1.807, 2.05) is 71.5 Å².